The highest BCUT2D eigenvalue weighted by Gasteiger charge is 2.21. The fourth-order valence-electron chi connectivity index (χ4n) is 2.47. The lowest BCUT2D eigenvalue weighted by molar-refractivity contribution is -0.115. The SMILES string of the molecule is CC(Sc1nnc2sc3ccccc3n12)C(=O)Nc1ccc(F)cc1F. The zero-order chi connectivity index (χ0) is 18.3. The number of fused-ring (bicyclic) bond motifs is 3. The molecule has 0 fully saturated rings. The van der Waals surface area contributed by atoms with Crippen LogP contribution in [0.1, 0.15) is 6.92 Å². The number of nitrogens with zero attached hydrogens (tertiary/aromatic N) is 3. The Morgan fingerprint density at radius 1 is 1.23 bits per heavy atom. The van der Waals surface area contributed by atoms with Crippen LogP contribution in [0.15, 0.2) is 47.6 Å². The maximum atomic E-state index is 13.7. The lowest BCUT2D eigenvalue weighted by atomic mass is 10.3. The highest BCUT2D eigenvalue weighted by atomic mass is 32.2. The largest absolute Gasteiger partial charge is 0.323 e. The molecule has 2 aromatic heterocycles. The zero-order valence-electron chi connectivity index (χ0n) is 13.4. The van der Waals surface area contributed by atoms with Crippen LogP contribution >= 0.6 is 23.1 Å². The molecule has 0 aliphatic rings. The van der Waals surface area contributed by atoms with Gasteiger partial charge in [0.2, 0.25) is 10.9 Å². The van der Waals surface area contributed by atoms with Gasteiger partial charge < -0.3 is 5.32 Å². The van der Waals surface area contributed by atoms with Crippen molar-refractivity contribution >= 4 is 49.9 Å². The van der Waals surface area contributed by atoms with Gasteiger partial charge in [0.05, 0.1) is 21.2 Å². The van der Waals surface area contributed by atoms with Crippen molar-refractivity contribution in [1.82, 2.24) is 14.6 Å². The smallest absolute Gasteiger partial charge is 0.237 e. The van der Waals surface area contributed by atoms with Gasteiger partial charge in [-0.1, -0.05) is 35.2 Å². The highest BCUT2D eigenvalue weighted by Crippen LogP contribution is 2.31. The normalized spacial score (nSPS) is 12.6. The van der Waals surface area contributed by atoms with Crippen LogP contribution in [0, 0.1) is 11.6 Å². The van der Waals surface area contributed by atoms with Crippen LogP contribution in [0.2, 0.25) is 0 Å². The van der Waals surface area contributed by atoms with Crippen molar-refractivity contribution < 1.29 is 13.6 Å². The molecule has 1 N–H and O–H groups in total. The summed E-state index contributed by atoms with van der Waals surface area (Å²) in [5.74, 6) is -1.92. The standard InChI is InChI=1S/C17H12F2N4OS2/c1-9(15(24)20-12-7-6-10(18)8-11(12)19)25-16-21-22-17-23(16)13-4-2-3-5-14(13)26-17/h2-9H,1H3,(H,20,24). The third kappa shape index (κ3) is 3.04. The Morgan fingerprint density at radius 3 is 2.85 bits per heavy atom. The molecule has 4 rings (SSSR count). The van der Waals surface area contributed by atoms with E-state index in [1.807, 2.05) is 28.7 Å². The average molecular weight is 390 g/mol. The molecule has 0 radical (unpaired) electrons. The molecular weight excluding hydrogens is 378 g/mol. The molecule has 0 spiro atoms. The Bertz CT molecular complexity index is 1120. The minimum Gasteiger partial charge on any atom is -0.323 e. The molecule has 0 aliphatic carbocycles. The van der Waals surface area contributed by atoms with E-state index in [9.17, 15) is 13.6 Å². The average Bonchev–Trinajstić information content (AvgIpc) is 3.17. The van der Waals surface area contributed by atoms with E-state index in [-0.39, 0.29) is 5.69 Å². The first-order valence-electron chi connectivity index (χ1n) is 7.68. The number of amides is 1. The predicted octanol–water partition coefficient (Wildman–Crippen LogP) is 4.34. The van der Waals surface area contributed by atoms with E-state index in [1.54, 1.807) is 6.92 Å². The first-order chi connectivity index (χ1) is 12.5. The monoisotopic (exact) mass is 390 g/mol. The summed E-state index contributed by atoms with van der Waals surface area (Å²) in [6.07, 6.45) is 0. The molecule has 4 aromatic rings. The lowest BCUT2D eigenvalue weighted by Crippen LogP contribution is -2.23. The van der Waals surface area contributed by atoms with Crippen molar-refractivity contribution in [2.75, 3.05) is 5.32 Å². The van der Waals surface area contributed by atoms with E-state index in [1.165, 1.54) is 29.2 Å². The van der Waals surface area contributed by atoms with Gasteiger partial charge in [-0.15, -0.1) is 10.2 Å². The van der Waals surface area contributed by atoms with Crippen LogP contribution in [0.4, 0.5) is 14.5 Å². The van der Waals surface area contributed by atoms with Crippen molar-refractivity contribution in [3.05, 3.63) is 54.1 Å². The van der Waals surface area contributed by atoms with Crippen molar-refractivity contribution in [3.63, 3.8) is 0 Å². The molecule has 9 heteroatoms. The second-order valence-electron chi connectivity index (χ2n) is 5.54. The third-order valence-corrected chi connectivity index (χ3v) is 5.81. The molecule has 2 heterocycles. The number of hydrogen-bond acceptors (Lipinski definition) is 5. The molecule has 0 saturated carbocycles. The van der Waals surface area contributed by atoms with Crippen LogP contribution in [0.25, 0.3) is 15.2 Å². The number of thioether (sulfide) groups is 1. The summed E-state index contributed by atoms with van der Waals surface area (Å²) >= 11 is 2.74. The van der Waals surface area contributed by atoms with Gasteiger partial charge in [0.1, 0.15) is 11.6 Å². The summed E-state index contributed by atoms with van der Waals surface area (Å²) in [6, 6.07) is 10.9. The third-order valence-electron chi connectivity index (χ3n) is 3.75. The second-order valence-corrected chi connectivity index (χ2v) is 7.86. The van der Waals surface area contributed by atoms with E-state index < -0.39 is 22.8 Å². The molecular formula is C17H12F2N4OS2. The molecule has 26 heavy (non-hydrogen) atoms. The topological polar surface area (TPSA) is 59.3 Å². The first-order valence-corrected chi connectivity index (χ1v) is 9.38. The number of nitrogens with one attached hydrogen (secondary N) is 1. The van der Waals surface area contributed by atoms with Gasteiger partial charge in [-0.2, -0.15) is 0 Å². The number of hydrogen-bond donors (Lipinski definition) is 1. The van der Waals surface area contributed by atoms with Crippen molar-refractivity contribution in [2.45, 2.75) is 17.3 Å². The van der Waals surface area contributed by atoms with Crippen LogP contribution in [-0.4, -0.2) is 25.8 Å². The van der Waals surface area contributed by atoms with Gasteiger partial charge in [0.15, 0.2) is 5.16 Å². The van der Waals surface area contributed by atoms with E-state index in [2.05, 4.69) is 15.5 Å². The number of anilines is 1. The fourth-order valence-corrected chi connectivity index (χ4v) is 4.35. The van der Waals surface area contributed by atoms with Gasteiger partial charge in [0.25, 0.3) is 0 Å². The number of para-hydroxylation sites is 1. The number of carbonyl (C=O) groups excluding carboxylic acids is 1. The van der Waals surface area contributed by atoms with E-state index >= 15 is 0 Å². The molecule has 132 valence electrons. The van der Waals surface area contributed by atoms with E-state index in [0.717, 1.165) is 27.3 Å². The quantitative estimate of drug-likeness (QED) is 0.527. The minimum atomic E-state index is -0.816. The van der Waals surface area contributed by atoms with Gasteiger partial charge >= 0.3 is 0 Å². The highest BCUT2D eigenvalue weighted by molar-refractivity contribution is 8.00. The maximum absolute atomic E-state index is 13.7. The second kappa shape index (κ2) is 6.65. The summed E-state index contributed by atoms with van der Waals surface area (Å²) in [5.41, 5.74) is 0.911. The molecule has 5 nitrogen and oxygen atoms in total. The van der Waals surface area contributed by atoms with Gasteiger partial charge in [-0.25, -0.2) is 8.78 Å². The molecule has 0 aliphatic heterocycles. The number of carbonyl (C=O) groups is 1. The minimum absolute atomic E-state index is 0.0591. The molecule has 1 unspecified atom stereocenters. The van der Waals surface area contributed by atoms with Gasteiger partial charge in [-0.05, 0) is 31.2 Å². The fraction of sp³-hybridized carbons (Fsp3) is 0.118. The van der Waals surface area contributed by atoms with E-state index in [4.69, 9.17) is 0 Å². The Hall–Kier alpha value is -2.52. The number of halogens is 2. The molecule has 0 bridgehead atoms. The van der Waals surface area contributed by atoms with Crippen molar-refractivity contribution in [3.8, 4) is 0 Å². The Balaban J connectivity index is 1.57. The van der Waals surface area contributed by atoms with E-state index in [0.29, 0.717) is 5.16 Å². The summed E-state index contributed by atoms with van der Waals surface area (Å²) < 4.78 is 29.6. The molecule has 1 atom stereocenters. The van der Waals surface area contributed by atoms with Crippen molar-refractivity contribution in [1.29, 1.82) is 0 Å². The summed E-state index contributed by atoms with van der Waals surface area (Å²) in [5, 5.41) is 10.8. The van der Waals surface area contributed by atoms with Crippen LogP contribution in [0.5, 0.6) is 0 Å². The number of thiazole rings is 1. The first kappa shape index (κ1) is 16.9. The predicted molar refractivity (Wildman–Crippen MR) is 98.7 cm³/mol. The van der Waals surface area contributed by atoms with Crippen LogP contribution in [-0.2, 0) is 4.79 Å². The van der Waals surface area contributed by atoms with Crippen LogP contribution in [0.3, 0.4) is 0 Å². The summed E-state index contributed by atoms with van der Waals surface area (Å²) in [7, 11) is 0. The number of aromatic nitrogens is 3. The molecule has 1 amide bonds. The Morgan fingerprint density at radius 2 is 2.04 bits per heavy atom. The summed E-state index contributed by atoms with van der Waals surface area (Å²) in [6.45, 7) is 1.69. The number of benzene rings is 2. The van der Waals surface area contributed by atoms with Crippen molar-refractivity contribution in [2.24, 2.45) is 0 Å². The van der Waals surface area contributed by atoms with Gasteiger partial charge in [-0.3, -0.25) is 9.20 Å². The number of rotatable bonds is 4. The van der Waals surface area contributed by atoms with Gasteiger partial charge in [0, 0.05) is 6.07 Å². The Kier molecular flexibility index (Phi) is 4.33. The van der Waals surface area contributed by atoms with Crippen LogP contribution < -0.4 is 5.32 Å². The summed E-state index contributed by atoms with van der Waals surface area (Å²) in [4.78, 5) is 13.1. The zero-order valence-corrected chi connectivity index (χ0v) is 15.1. The lowest BCUT2D eigenvalue weighted by Gasteiger charge is -2.11. The Labute approximate surface area is 155 Å². The maximum Gasteiger partial charge on any atom is 0.237 e. The molecule has 2 aromatic carbocycles. The molecule has 0 saturated heterocycles.